The Hall–Kier alpha value is -1.06. The van der Waals surface area contributed by atoms with E-state index in [9.17, 15) is 0 Å². The molecule has 82 valence electrons. The first-order valence-corrected chi connectivity index (χ1v) is 5.40. The van der Waals surface area contributed by atoms with Gasteiger partial charge in [-0.1, -0.05) is 18.2 Å². The van der Waals surface area contributed by atoms with Gasteiger partial charge in [0.2, 0.25) is 0 Å². The van der Waals surface area contributed by atoms with Crippen LogP contribution in [0.5, 0.6) is 5.75 Å². The molecule has 0 heterocycles. The fraction of sp³-hybridized carbons (Fsp3) is 0.500. The Morgan fingerprint density at radius 3 is 2.67 bits per heavy atom. The Bertz CT molecular complexity index is 300. The van der Waals surface area contributed by atoms with Gasteiger partial charge < -0.3 is 15.2 Å². The largest absolute Gasteiger partial charge is 0.486 e. The molecule has 1 aromatic carbocycles. The van der Waals surface area contributed by atoms with Crippen LogP contribution in [0.2, 0.25) is 0 Å². The summed E-state index contributed by atoms with van der Waals surface area (Å²) in [5.41, 5.74) is 5.89. The van der Waals surface area contributed by atoms with Crippen LogP contribution in [-0.4, -0.2) is 24.9 Å². The van der Waals surface area contributed by atoms with Gasteiger partial charge in [0.25, 0.3) is 0 Å². The predicted octanol–water partition coefficient (Wildman–Crippen LogP) is 1.57. The first-order valence-electron chi connectivity index (χ1n) is 5.40. The molecule has 1 aromatic rings. The zero-order valence-corrected chi connectivity index (χ0v) is 8.93. The Morgan fingerprint density at radius 1 is 1.33 bits per heavy atom. The van der Waals surface area contributed by atoms with E-state index in [2.05, 4.69) is 0 Å². The van der Waals surface area contributed by atoms with E-state index in [0.717, 1.165) is 12.2 Å². The van der Waals surface area contributed by atoms with Gasteiger partial charge in [-0.05, 0) is 25.5 Å². The lowest BCUT2D eigenvalue weighted by Crippen LogP contribution is -2.59. The number of nitrogens with two attached hydrogens (primary N) is 1. The van der Waals surface area contributed by atoms with E-state index in [-0.39, 0.29) is 18.2 Å². The number of rotatable bonds is 4. The minimum atomic E-state index is 0.00681. The minimum Gasteiger partial charge on any atom is -0.486 e. The van der Waals surface area contributed by atoms with Gasteiger partial charge in [0.1, 0.15) is 11.9 Å². The molecule has 1 aliphatic carbocycles. The van der Waals surface area contributed by atoms with Crippen LogP contribution in [0.3, 0.4) is 0 Å². The number of hydrogen-bond donors (Lipinski definition) is 1. The Morgan fingerprint density at radius 2 is 2.07 bits per heavy atom. The SMILES string of the molecule is CCO[C@@H]1C[C@@H](N)[C@H]1Oc1ccccc1. The summed E-state index contributed by atoms with van der Waals surface area (Å²) in [7, 11) is 0. The van der Waals surface area contributed by atoms with Gasteiger partial charge in [-0.2, -0.15) is 0 Å². The van der Waals surface area contributed by atoms with E-state index in [0.29, 0.717) is 6.61 Å². The van der Waals surface area contributed by atoms with Crippen molar-refractivity contribution in [1.29, 1.82) is 0 Å². The van der Waals surface area contributed by atoms with E-state index in [4.69, 9.17) is 15.2 Å². The average molecular weight is 207 g/mol. The van der Waals surface area contributed by atoms with Crippen LogP contribution < -0.4 is 10.5 Å². The molecule has 0 aliphatic heterocycles. The van der Waals surface area contributed by atoms with Gasteiger partial charge >= 0.3 is 0 Å². The number of hydrogen-bond acceptors (Lipinski definition) is 3. The Labute approximate surface area is 90.2 Å². The van der Waals surface area contributed by atoms with Crippen LogP contribution in [0.25, 0.3) is 0 Å². The van der Waals surface area contributed by atoms with Crippen molar-refractivity contribution in [3.63, 3.8) is 0 Å². The molecule has 3 atom stereocenters. The summed E-state index contributed by atoms with van der Waals surface area (Å²) in [4.78, 5) is 0. The quantitative estimate of drug-likeness (QED) is 0.815. The third-order valence-corrected chi connectivity index (χ3v) is 2.69. The minimum absolute atomic E-state index is 0.00681. The fourth-order valence-corrected chi connectivity index (χ4v) is 1.81. The van der Waals surface area contributed by atoms with Crippen molar-refractivity contribution < 1.29 is 9.47 Å². The molecule has 0 saturated heterocycles. The van der Waals surface area contributed by atoms with Crippen molar-refractivity contribution >= 4 is 0 Å². The highest BCUT2D eigenvalue weighted by Crippen LogP contribution is 2.27. The summed E-state index contributed by atoms with van der Waals surface area (Å²) < 4.78 is 11.3. The lowest BCUT2D eigenvalue weighted by atomic mass is 9.86. The molecule has 1 fully saturated rings. The molecule has 3 heteroatoms. The van der Waals surface area contributed by atoms with E-state index in [1.165, 1.54) is 0 Å². The maximum Gasteiger partial charge on any atom is 0.140 e. The van der Waals surface area contributed by atoms with Crippen LogP contribution >= 0.6 is 0 Å². The van der Waals surface area contributed by atoms with Crippen molar-refractivity contribution in [3.05, 3.63) is 30.3 Å². The number of ether oxygens (including phenoxy) is 2. The van der Waals surface area contributed by atoms with Crippen LogP contribution in [0.1, 0.15) is 13.3 Å². The van der Waals surface area contributed by atoms with Gasteiger partial charge in [0.05, 0.1) is 6.10 Å². The Kier molecular flexibility index (Phi) is 3.23. The van der Waals surface area contributed by atoms with Crippen LogP contribution in [-0.2, 0) is 4.74 Å². The van der Waals surface area contributed by atoms with Crippen molar-refractivity contribution in [2.24, 2.45) is 5.73 Å². The molecule has 2 rings (SSSR count). The highest BCUT2D eigenvalue weighted by molar-refractivity contribution is 5.22. The van der Waals surface area contributed by atoms with Crippen LogP contribution in [0, 0.1) is 0 Å². The lowest BCUT2D eigenvalue weighted by Gasteiger charge is -2.41. The second-order valence-electron chi connectivity index (χ2n) is 3.79. The van der Waals surface area contributed by atoms with Crippen molar-refractivity contribution in [1.82, 2.24) is 0 Å². The second kappa shape index (κ2) is 4.64. The highest BCUT2D eigenvalue weighted by atomic mass is 16.5. The molecule has 1 aliphatic rings. The normalized spacial score (nSPS) is 29.6. The summed E-state index contributed by atoms with van der Waals surface area (Å²) >= 11 is 0. The maximum absolute atomic E-state index is 5.89. The van der Waals surface area contributed by atoms with E-state index < -0.39 is 0 Å². The molecule has 0 bridgehead atoms. The van der Waals surface area contributed by atoms with Gasteiger partial charge in [0, 0.05) is 12.6 Å². The summed E-state index contributed by atoms with van der Waals surface area (Å²) in [5, 5.41) is 0. The number of para-hydroxylation sites is 1. The molecule has 0 radical (unpaired) electrons. The summed E-state index contributed by atoms with van der Waals surface area (Å²) in [6.07, 6.45) is 1.06. The average Bonchev–Trinajstić information content (AvgIpc) is 2.27. The molecule has 0 unspecified atom stereocenters. The molecule has 1 saturated carbocycles. The van der Waals surface area contributed by atoms with Crippen LogP contribution in [0.4, 0.5) is 0 Å². The second-order valence-corrected chi connectivity index (χ2v) is 3.79. The van der Waals surface area contributed by atoms with Crippen molar-refractivity contribution in [2.45, 2.75) is 31.6 Å². The summed E-state index contributed by atoms with van der Waals surface area (Å²) in [6, 6.07) is 9.85. The lowest BCUT2D eigenvalue weighted by molar-refractivity contribution is -0.0930. The van der Waals surface area contributed by atoms with Gasteiger partial charge in [0.15, 0.2) is 0 Å². The van der Waals surface area contributed by atoms with Gasteiger partial charge in [-0.3, -0.25) is 0 Å². The molecule has 0 spiro atoms. The monoisotopic (exact) mass is 207 g/mol. The molecule has 2 N–H and O–H groups in total. The van der Waals surface area contributed by atoms with Crippen LogP contribution in [0.15, 0.2) is 30.3 Å². The van der Waals surface area contributed by atoms with Gasteiger partial charge in [-0.15, -0.1) is 0 Å². The molecular weight excluding hydrogens is 190 g/mol. The molecule has 0 amide bonds. The third kappa shape index (κ3) is 2.30. The smallest absolute Gasteiger partial charge is 0.140 e. The molecule has 0 aromatic heterocycles. The van der Waals surface area contributed by atoms with E-state index in [1.54, 1.807) is 0 Å². The van der Waals surface area contributed by atoms with Gasteiger partial charge in [-0.25, -0.2) is 0 Å². The zero-order valence-electron chi connectivity index (χ0n) is 8.93. The first kappa shape index (κ1) is 10.5. The number of benzene rings is 1. The third-order valence-electron chi connectivity index (χ3n) is 2.69. The highest BCUT2D eigenvalue weighted by Gasteiger charge is 2.41. The molecule has 3 nitrogen and oxygen atoms in total. The molecular formula is C12H17NO2. The van der Waals surface area contributed by atoms with Crippen molar-refractivity contribution in [2.75, 3.05) is 6.61 Å². The van der Waals surface area contributed by atoms with E-state index in [1.807, 2.05) is 37.3 Å². The standard InChI is InChI=1S/C12H17NO2/c1-2-14-11-8-10(13)12(11)15-9-6-4-3-5-7-9/h3-7,10-12H,2,8,13H2,1H3/t10-,11-,12-/m1/s1. The fourth-order valence-electron chi connectivity index (χ4n) is 1.81. The predicted molar refractivity (Wildman–Crippen MR) is 58.9 cm³/mol. The topological polar surface area (TPSA) is 44.5 Å². The first-order chi connectivity index (χ1) is 7.31. The Balaban J connectivity index is 1.93. The van der Waals surface area contributed by atoms with Crippen molar-refractivity contribution in [3.8, 4) is 5.75 Å². The zero-order chi connectivity index (χ0) is 10.7. The molecule has 15 heavy (non-hydrogen) atoms. The summed E-state index contributed by atoms with van der Waals surface area (Å²) in [5.74, 6) is 0.863. The maximum atomic E-state index is 5.89. The van der Waals surface area contributed by atoms with E-state index >= 15 is 0 Å². The summed E-state index contributed by atoms with van der Waals surface area (Å²) in [6.45, 7) is 2.70.